The van der Waals surface area contributed by atoms with Gasteiger partial charge in [-0.3, -0.25) is 0 Å². The van der Waals surface area contributed by atoms with Crippen LogP contribution < -0.4 is 15.2 Å². The average molecular weight is 345 g/mol. The van der Waals surface area contributed by atoms with Crippen molar-refractivity contribution in [1.82, 2.24) is 0 Å². The zero-order chi connectivity index (χ0) is 17.6. The van der Waals surface area contributed by atoms with Crippen LogP contribution in [0.5, 0.6) is 5.75 Å². The number of primary sulfonamides is 1. The van der Waals surface area contributed by atoms with Crippen molar-refractivity contribution in [3.05, 3.63) is 53.6 Å². The standard InChI is InChI=1S/C17H19N3O3S/c1-2-9-23-15-5-3-13(4-6-15)12-20-17-8-7-16(24(19,21)22)10-14(17)11-18/h3-8,10,20H,2,9,12H2,1H3,(H2,19,21,22). The van der Waals surface area contributed by atoms with E-state index < -0.39 is 10.0 Å². The van der Waals surface area contributed by atoms with Crippen molar-refractivity contribution in [2.75, 3.05) is 11.9 Å². The zero-order valence-corrected chi connectivity index (χ0v) is 14.1. The van der Waals surface area contributed by atoms with Gasteiger partial charge in [0, 0.05) is 6.54 Å². The quantitative estimate of drug-likeness (QED) is 0.802. The maximum absolute atomic E-state index is 11.3. The van der Waals surface area contributed by atoms with Gasteiger partial charge in [0.05, 0.1) is 22.8 Å². The minimum absolute atomic E-state index is 0.0815. The lowest BCUT2D eigenvalue weighted by molar-refractivity contribution is 0.317. The number of nitrogens with one attached hydrogen (secondary N) is 1. The molecule has 0 heterocycles. The summed E-state index contributed by atoms with van der Waals surface area (Å²) >= 11 is 0. The predicted octanol–water partition coefficient (Wildman–Crippen LogP) is 2.61. The van der Waals surface area contributed by atoms with E-state index in [4.69, 9.17) is 9.88 Å². The third-order valence-corrected chi connectivity index (χ3v) is 4.23. The van der Waals surface area contributed by atoms with E-state index in [0.29, 0.717) is 18.8 Å². The van der Waals surface area contributed by atoms with Crippen LogP contribution >= 0.6 is 0 Å². The Bertz CT molecular complexity index is 840. The molecule has 0 aliphatic heterocycles. The van der Waals surface area contributed by atoms with E-state index >= 15 is 0 Å². The molecule has 0 aliphatic rings. The monoisotopic (exact) mass is 345 g/mol. The average Bonchev–Trinajstić information content (AvgIpc) is 2.58. The van der Waals surface area contributed by atoms with Gasteiger partial charge in [-0.2, -0.15) is 5.26 Å². The molecule has 126 valence electrons. The van der Waals surface area contributed by atoms with Gasteiger partial charge in [0.15, 0.2) is 0 Å². The second kappa shape index (κ2) is 7.81. The van der Waals surface area contributed by atoms with Crippen molar-refractivity contribution in [3.63, 3.8) is 0 Å². The Hall–Kier alpha value is -2.56. The first-order valence-corrected chi connectivity index (χ1v) is 9.01. The third-order valence-electron chi connectivity index (χ3n) is 3.32. The highest BCUT2D eigenvalue weighted by Gasteiger charge is 2.11. The van der Waals surface area contributed by atoms with Crippen LogP contribution in [0.15, 0.2) is 47.4 Å². The molecule has 2 aromatic carbocycles. The van der Waals surface area contributed by atoms with Crippen LogP contribution in [0.4, 0.5) is 5.69 Å². The molecule has 3 N–H and O–H groups in total. The number of anilines is 1. The number of benzene rings is 2. The van der Waals surface area contributed by atoms with Gasteiger partial charge in [-0.25, -0.2) is 13.6 Å². The van der Waals surface area contributed by atoms with E-state index in [9.17, 15) is 13.7 Å². The summed E-state index contributed by atoms with van der Waals surface area (Å²) in [7, 11) is -3.82. The van der Waals surface area contributed by atoms with Gasteiger partial charge in [0.25, 0.3) is 0 Å². The Balaban J connectivity index is 2.08. The van der Waals surface area contributed by atoms with Gasteiger partial charge in [-0.05, 0) is 42.3 Å². The molecule has 0 unspecified atom stereocenters. The topological polar surface area (TPSA) is 105 Å². The van der Waals surface area contributed by atoms with Gasteiger partial charge in [0.2, 0.25) is 10.0 Å². The molecule has 6 nitrogen and oxygen atoms in total. The van der Waals surface area contributed by atoms with Crippen LogP contribution in [0.3, 0.4) is 0 Å². The van der Waals surface area contributed by atoms with Crippen LogP contribution in [0.1, 0.15) is 24.5 Å². The van der Waals surface area contributed by atoms with E-state index in [2.05, 4.69) is 5.32 Å². The van der Waals surface area contributed by atoms with Crippen molar-refractivity contribution in [2.24, 2.45) is 5.14 Å². The number of rotatable bonds is 7. The maximum atomic E-state index is 11.3. The Labute approximate surface area is 141 Å². The predicted molar refractivity (Wildman–Crippen MR) is 92.1 cm³/mol. The number of nitriles is 1. The number of nitrogens with two attached hydrogens (primary N) is 1. The molecule has 0 bridgehead atoms. The lowest BCUT2D eigenvalue weighted by atomic mass is 10.1. The van der Waals surface area contributed by atoms with Crippen molar-refractivity contribution in [1.29, 1.82) is 5.26 Å². The van der Waals surface area contributed by atoms with Gasteiger partial charge in [0.1, 0.15) is 11.8 Å². The summed E-state index contributed by atoms with van der Waals surface area (Å²) < 4.78 is 28.2. The van der Waals surface area contributed by atoms with Crippen LogP contribution in [-0.4, -0.2) is 15.0 Å². The molecule has 0 amide bonds. The minimum Gasteiger partial charge on any atom is -0.494 e. The smallest absolute Gasteiger partial charge is 0.238 e. The molecule has 2 rings (SSSR count). The lowest BCUT2D eigenvalue weighted by Gasteiger charge is -2.10. The molecule has 0 aliphatic carbocycles. The second-order valence-corrected chi connectivity index (χ2v) is 6.77. The number of ether oxygens (including phenoxy) is 1. The highest BCUT2D eigenvalue weighted by molar-refractivity contribution is 7.89. The summed E-state index contributed by atoms with van der Waals surface area (Å²) in [5.41, 5.74) is 1.79. The van der Waals surface area contributed by atoms with Gasteiger partial charge in [-0.1, -0.05) is 19.1 Å². The molecule has 0 atom stereocenters. The van der Waals surface area contributed by atoms with Gasteiger partial charge >= 0.3 is 0 Å². The van der Waals surface area contributed by atoms with Crippen LogP contribution in [0.25, 0.3) is 0 Å². The summed E-state index contributed by atoms with van der Waals surface area (Å²) in [6, 6.07) is 13.8. The molecule has 0 aromatic heterocycles. The first-order chi connectivity index (χ1) is 11.4. The molecule has 0 saturated carbocycles. The summed E-state index contributed by atoms with van der Waals surface area (Å²) in [5, 5.41) is 17.4. The molecule has 0 radical (unpaired) electrons. The molecule has 0 saturated heterocycles. The fourth-order valence-electron chi connectivity index (χ4n) is 2.07. The fraction of sp³-hybridized carbons (Fsp3) is 0.235. The maximum Gasteiger partial charge on any atom is 0.238 e. The number of sulfonamides is 1. The molecular formula is C17H19N3O3S. The van der Waals surface area contributed by atoms with E-state index in [0.717, 1.165) is 17.7 Å². The molecule has 2 aromatic rings. The zero-order valence-electron chi connectivity index (χ0n) is 13.3. The van der Waals surface area contributed by atoms with Gasteiger partial charge in [-0.15, -0.1) is 0 Å². The van der Waals surface area contributed by atoms with E-state index in [1.54, 1.807) is 0 Å². The van der Waals surface area contributed by atoms with Crippen molar-refractivity contribution in [2.45, 2.75) is 24.8 Å². The highest BCUT2D eigenvalue weighted by atomic mass is 32.2. The Morgan fingerprint density at radius 1 is 1.21 bits per heavy atom. The number of hydrogen-bond donors (Lipinski definition) is 2. The first kappa shape index (κ1) is 17.8. The van der Waals surface area contributed by atoms with Crippen LogP contribution in [0, 0.1) is 11.3 Å². The largest absolute Gasteiger partial charge is 0.494 e. The van der Waals surface area contributed by atoms with E-state index in [1.807, 2.05) is 37.3 Å². The normalized spacial score (nSPS) is 10.9. The molecule has 0 spiro atoms. The Morgan fingerprint density at radius 3 is 2.50 bits per heavy atom. The summed E-state index contributed by atoms with van der Waals surface area (Å²) in [4.78, 5) is -0.0815. The lowest BCUT2D eigenvalue weighted by Crippen LogP contribution is -2.12. The van der Waals surface area contributed by atoms with Crippen molar-refractivity contribution < 1.29 is 13.2 Å². The Kier molecular flexibility index (Phi) is 5.79. The molecule has 0 fully saturated rings. The highest BCUT2D eigenvalue weighted by Crippen LogP contribution is 2.20. The summed E-state index contributed by atoms with van der Waals surface area (Å²) in [6.07, 6.45) is 0.953. The fourth-order valence-corrected chi connectivity index (χ4v) is 2.61. The first-order valence-electron chi connectivity index (χ1n) is 7.46. The minimum atomic E-state index is -3.82. The number of nitrogens with zero attached hydrogens (tertiary/aromatic N) is 1. The van der Waals surface area contributed by atoms with Gasteiger partial charge < -0.3 is 10.1 Å². The van der Waals surface area contributed by atoms with E-state index in [1.165, 1.54) is 18.2 Å². The van der Waals surface area contributed by atoms with Crippen LogP contribution in [-0.2, 0) is 16.6 Å². The van der Waals surface area contributed by atoms with Crippen LogP contribution in [0.2, 0.25) is 0 Å². The van der Waals surface area contributed by atoms with Crippen molar-refractivity contribution in [3.8, 4) is 11.8 Å². The Morgan fingerprint density at radius 2 is 1.92 bits per heavy atom. The molecule has 7 heteroatoms. The second-order valence-electron chi connectivity index (χ2n) is 5.21. The van der Waals surface area contributed by atoms with Crippen molar-refractivity contribution >= 4 is 15.7 Å². The molecule has 24 heavy (non-hydrogen) atoms. The molecular weight excluding hydrogens is 326 g/mol. The van der Waals surface area contributed by atoms with E-state index in [-0.39, 0.29) is 10.5 Å². The summed E-state index contributed by atoms with van der Waals surface area (Å²) in [5.74, 6) is 0.816. The third kappa shape index (κ3) is 4.72. The SMILES string of the molecule is CCCOc1ccc(CNc2ccc(S(N)(=O)=O)cc2C#N)cc1. The summed E-state index contributed by atoms with van der Waals surface area (Å²) in [6.45, 7) is 3.23. The number of hydrogen-bond acceptors (Lipinski definition) is 5.